The molecule has 2 atom stereocenters. The molecule has 0 bridgehead atoms. The highest BCUT2D eigenvalue weighted by Crippen LogP contribution is 2.24. The highest BCUT2D eigenvalue weighted by atomic mass is 16.5. The molecule has 1 saturated heterocycles. The van der Waals surface area contributed by atoms with Gasteiger partial charge in [-0.15, -0.1) is 0 Å². The van der Waals surface area contributed by atoms with Crippen molar-refractivity contribution in [1.29, 1.82) is 0 Å². The molecule has 1 aliphatic heterocycles. The summed E-state index contributed by atoms with van der Waals surface area (Å²) in [6, 6.07) is 28.7. The third kappa shape index (κ3) is 6.49. The van der Waals surface area contributed by atoms with E-state index in [1.807, 2.05) is 12.1 Å². The van der Waals surface area contributed by atoms with Crippen LogP contribution in [0.15, 0.2) is 91.3 Å². The SMILES string of the molecule is NCCCC[C@H]1CN[C@@H](Cc2ccc3ccccc3c2)CN1Cc1ccc(Oc2ccncc2)cc1. The van der Waals surface area contributed by atoms with Crippen molar-refractivity contribution in [3.8, 4) is 11.5 Å². The molecule has 1 fully saturated rings. The van der Waals surface area contributed by atoms with E-state index >= 15 is 0 Å². The Bertz CT molecular complexity index is 1230. The van der Waals surface area contributed by atoms with Crippen LogP contribution in [-0.4, -0.2) is 41.6 Å². The second-order valence-corrected chi connectivity index (χ2v) is 9.79. The lowest BCUT2D eigenvalue weighted by Gasteiger charge is -2.41. The monoisotopic (exact) mass is 480 g/mol. The van der Waals surface area contributed by atoms with E-state index in [1.54, 1.807) is 12.4 Å². The molecule has 5 rings (SSSR count). The molecular formula is C31H36N4O. The van der Waals surface area contributed by atoms with Gasteiger partial charge < -0.3 is 15.8 Å². The number of benzene rings is 3. The van der Waals surface area contributed by atoms with Crippen LogP contribution in [0.25, 0.3) is 10.8 Å². The van der Waals surface area contributed by atoms with Gasteiger partial charge in [-0.05, 0) is 72.0 Å². The van der Waals surface area contributed by atoms with E-state index in [1.165, 1.54) is 34.7 Å². The molecule has 36 heavy (non-hydrogen) atoms. The zero-order chi connectivity index (χ0) is 24.6. The van der Waals surface area contributed by atoms with E-state index in [0.29, 0.717) is 12.1 Å². The van der Waals surface area contributed by atoms with Gasteiger partial charge in [0.15, 0.2) is 0 Å². The number of nitrogens with zero attached hydrogens (tertiary/aromatic N) is 2. The maximum atomic E-state index is 5.95. The number of hydrogen-bond donors (Lipinski definition) is 2. The Kier molecular flexibility index (Phi) is 8.24. The number of fused-ring (bicyclic) bond motifs is 1. The normalized spacial score (nSPS) is 18.4. The lowest BCUT2D eigenvalue weighted by atomic mass is 9.97. The summed E-state index contributed by atoms with van der Waals surface area (Å²) in [5, 5.41) is 6.46. The Balaban J connectivity index is 1.25. The van der Waals surface area contributed by atoms with Crippen molar-refractivity contribution in [2.24, 2.45) is 5.73 Å². The van der Waals surface area contributed by atoms with Gasteiger partial charge in [0.1, 0.15) is 11.5 Å². The zero-order valence-electron chi connectivity index (χ0n) is 20.9. The minimum Gasteiger partial charge on any atom is -0.457 e. The third-order valence-electron chi connectivity index (χ3n) is 7.10. The van der Waals surface area contributed by atoms with Gasteiger partial charge in [-0.1, -0.05) is 61.0 Å². The van der Waals surface area contributed by atoms with Crippen LogP contribution in [0.1, 0.15) is 30.4 Å². The summed E-state index contributed by atoms with van der Waals surface area (Å²) in [6.07, 6.45) is 7.96. The molecule has 1 aliphatic rings. The smallest absolute Gasteiger partial charge is 0.130 e. The number of nitrogens with one attached hydrogen (secondary N) is 1. The van der Waals surface area contributed by atoms with E-state index < -0.39 is 0 Å². The van der Waals surface area contributed by atoms with Crippen molar-refractivity contribution in [3.63, 3.8) is 0 Å². The number of aromatic nitrogens is 1. The van der Waals surface area contributed by atoms with Crippen LogP contribution in [0.4, 0.5) is 0 Å². The largest absolute Gasteiger partial charge is 0.457 e. The van der Waals surface area contributed by atoms with E-state index in [9.17, 15) is 0 Å². The Labute approximate surface area is 214 Å². The third-order valence-corrected chi connectivity index (χ3v) is 7.10. The van der Waals surface area contributed by atoms with Gasteiger partial charge in [-0.25, -0.2) is 0 Å². The quantitative estimate of drug-likeness (QED) is 0.292. The van der Waals surface area contributed by atoms with Crippen LogP contribution in [0.2, 0.25) is 0 Å². The van der Waals surface area contributed by atoms with Gasteiger partial charge in [0.25, 0.3) is 0 Å². The lowest BCUT2D eigenvalue weighted by molar-refractivity contribution is 0.113. The average molecular weight is 481 g/mol. The van der Waals surface area contributed by atoms with Crippen LogP contribution < -0.4 is 15.8 Å². The first kappa shape index (κ1) is 24.4. The molecule has 2 heterocycles. The summed E-state index contributed by atoms with van der Waals surface area (Å²) in [4.78, 5) is 6.71. The summed E-state index contributed by atoms with van der Waals surface area (Å²) in [5.74, 6) is 1.65. The Morgan fingerprint density at radius 3 is 2.42 bits per heavy atom. The van der Waals surface area contributed by atoms with Crippen molar-refractivity contribution in [2.75, 3.05) is 19.6 Å². The van der Waals surface area contributed by atoms with Crippen LogP contribution in [0.5, 0.6) is 11.5 Å². The second kappa shape index (κ2) is 12.1. The molecule has 186 valence electrons. The molecule has 5 nitrogen and oxygen atoms in total. The Morgan fingerprint density at radius 2 is 1.61 bits per heavy atom. The van der Waals surface area contributed by atoms with Gasteiger partial charge in [0.2, 0.25) is 0 Å². The van der Waals surface area contributed by atoms with E-state index in [-0.39, 0.29) is 0 Å². The Hall–Kier alpha value is -3.25. The second-order valence-electron chi connectivity index (χ2n) is 9.79. The number of ether oxygens (including phenoxy) is 1. The number of piperazine rings is 1. The number of unbranched alkanes of at least 4 members (excludes halogenated alkanes) is 1. The first-order valence-electron chi connectivity index (χ1n) is 13.1. The predicted molar refractivity (Wildman–Crippen MR) is 147 cm³/mol. The van der Waals surface area contributed by atoms with Crippen molar-refractivity contribution in [3.05, 3.63) is 102 Å². The maximum absolute atomic E-state index is 5.95. The van der Waals surface area contributed by atoms with Crippen molar-refractivity contribution in [1.82, 2.24) is 15.2 Å². The molecule has 0 radical (unpaired) electrons. The highest BCUT2D eigenvalue weighted by Gasteiger charge is 2.27. The molecule has 5 heteroatoms. The van der Waals surface area contributed by atoms with Gasteiger partial charge in [-0.2, -0.15) is 0 Å². The standard InChI is InChI=1S/C31H36N4O/c32-16-4-3-7-29-21-34-28(20-25-8-11-26-5-1-2-6-27(26)19-25)23-35(29)22-24-9-12-30(13-10-24)36-31-14-17-33-18-15-31/h1-2,5-6,8-15,17-19,28-29,34H,3-4,7,16,20-23,32H2/t28-,29-/m0/s1. The van der Waals surface area contributed by atoms with Crippen molar-refractivity contribution < 1.29 is 4.74 Å². The average Bonchev–Trinajstić information content (AvgIpc) is 2.92. The van der Waals surface area contributed by atoms with Crippen LogP contribution in [0.3, 0.4) is 0 Å². The van der Waals surface area contributed by atoms with Crippen LogP contribution in [-0.2, 0) is 13.0 Å². The topological polar surface area (TPSA) is 63.4 Å². The predicted octanol–water partition coefficient (Wildman–Crippen LogP) is 5.54. The molecule has 1 aromatic heterocycles. The fraction of sp³-hybridized carbons (Fsp3) is 0.323. The summed E-state index contributed by atoms with van der Waals surface area (Å²) >= 11 is 0. The molecular weight excluding hydrogens is 444 g/mol. The van der Waals surface area contributed by atoms with Gasteiger partial charge in [0.05, 0.1) is 0 Å². The molecule has 4 aromatic rings. The molecule has 0 unspecified atom stereocenters. The minimum atomic E-state index is 0.436. The fourth-order valence-electron chi connectivity index (χ4n) is 5.16. The summed E-state index contributed by atoms with van der Waals surface area (Å²) < 4.78 is 5.95. The van der Waals surface area contributed by atoms with E-state index in [2.05, 4.69) is 81.9 Å². The molecule has 0 saturated carbocycles. The lowest BCUT2D eigenvalue weighted by Crippen LogP contribution is -2.56. The number of pyridine rings is 1. The maximum Gasteiger partial charge on any atom is 0.130 e. The molecule has 3 N–H and O–H groups in total. The zero-order valence-corrected chi connectivity index (χ0v) is 20.9. The molecule has 0 aliphatic carbocycles. The van der Waals surface area contributed by atoms with E-state index in [0.717, 1.165) is 50.5 Å². The first-order chi connectivity index (χ1) is 17.8. The molecule has 0 amide bonds. The van der Waals surface area contributed by atoms with Gasteiger partial charge in [0, 0.05) is 44.1 Å². The van der Waals surface area contributed by atoms with E-state index in [4.69, 9.17) is 10.5 Å². The summed E-state index contributed by atoms with van der Waals surface area (Å²) in [6.45, 7) is 3.77. The highest BCUT2D eigenvalue weighted by molar-refractivity contribution is 5.83. The van der Waals surface area contributed by atoms with Crippen LogP contribution >= 0.6 is 0 Å². The first-order valence-corrected chi connectivity index (χ1v) is 13.1. The number of rotatable bonds is 10. The van der Waals surface area contributed by atoms with Crippen LogP contribution in [0, 0.1) is 0 Å². The molecule has 0 spiro atoms. The number of hydrogen-bond acceptors (Lipinski definition) is 5. The van der Waals surface area contributed by atoms with Crippen molar-refractivity contribution in [2.45, 2.75) is 44.3 Å². The summed E-state index contributed by atoms with van der Waals surface area (Å²) in [7, 11) is 0. The Morgan fingerprint density at radius 1 is 0.861 bits per heavy atom. The molecule has 3 aromatic carbocycles. The minimum absolute atomic E-state index is 0.436. The number of nitrogens with two attached hydrogens (primary N) is 1. The fourth-order valence-corrected chi connectivity index (χ4v) is 5.16. The van der Waals surface area contributed by atoms with Gasteiger partial charge >= 0.3 is 0 Å². The van der Waals surface area contributed by atoms with Crippen molar-refractivity contribution >= 4 is 10.8 Å². The van der Waals surface area contributed by atoms with Gasteiger partial charge in [-0.3, -0.25) is 9.88 Å². The summed E-state index contributed by atoms with van der Waals surface area (Å²) in [5.41, 5.74) is 8.48.